The number of rotatable bonds is 9. The van der Waals surface area contributed by atoms with Crippen molar-refractivity contribution in [3.63, 3.8) is 0 Å². The molecule has 2 amide bonds. The summed E-state index contributed by atoms with van der Waals surface area (Å²) in [6.07, 6.45) is 5.08. The second kappa shape index (κ2) is 11.4. The first-order valence-electron chi connectivity index (χ1n) is 11.8. The van der Waals surface area contributed by atoms with Gasteiger partial charge in [0.15, 0.2) is 0 Å². The highest BCUT2D eigenvalue weighted by molar-refractivity contribution is 7.92. The van der Waals surface area contributed by atoms with Gasteiger partial charge in [-0.1, -0.05) is 54.3 Å². The first-order chi connectivity index (χ1) is 16.5. The van der Waals surface area contributed by atoms with E-state index in [1.807, 2.05) is 32.0 Å². The topological polar surface area (TPSA) is 86.8 Å². The van der Waals surface area contributed by atoms with Crippen LogP contribution in [0.25, 0.3) is 0 Å². The third-order valence-corrected chi connectivity index (χ3v) is 7.77. The molecule has 1 atom stereocenters. The van der Waals surface area contributed by atoms with Crippen molar-refractivity contribution in [2.45, 2.75) is 65.1 Å². The van der Waals surface area contributed by atoms with Crippen LogP contribution in [0.2, 0.25) is 5.02 Å². The van der Waals surface area contributed by atoms with Crippen LogP contribution in [0.1, 0.15) is 49.3 Å². The molecule has 9 heteroatoms. The summed E-state index contributed by atoms with van der Waals surface area (Å²) in [5.41, 5.74) is 2.93. The van der Waals surface area contributed by atoms with Crippen LogP contribution in [-0.4, -0.2) is 50.0 Å². The fourth-order valence-electron chi connectivity index (χ4n) is 4.49. The van der Waals surface area contributed by atoms with Gasteiger partial charge >= 0.3 is 0 Å². The van der Waals surface area contributed by atoms with E-state index in [2.05, 4.69) is 5.32 Å². The van der Waals surface area contributed by atoms with Crippen molar-refractivity contribution in [2.24, 2.45) is 0 Å². The van der Waals surface area contributed by atoms with Crippen molar-refractivity contribution < 1.29 is 18.0 Å². The number of nitrogens with one attached hydrogen (secondary N) is 1. The molecule has 0 radical (unpaired) electrons. The van der Waals surface area contributed by atoms with E-state index >= 15 is 0 Å². The lowest BCUT2D eigenvalue weighted by atomic mass is 10.1. The van der Waals surface area contributed by atoms with Gasteiger partial charge in [0, 0.05) is 17.6 Å². The molecular formula is C26H34ClN3O4S. The minimum absolute atomic E-state index is 0.107. The number of nitrogens with zero attached hydrogens (tertiary/aromatic N) is 2. The second-order valence-electron chi connectivity index (χ2n) is 9.38. The summed E-state index contributed by atoms with van der Waals surface area (Å²) in [5.74, 6) is -0.714. The summed E-state index contributed by atoms with van der Waals surface area (Å²) in [6.45, 7) is 5.12. The minimum Gasteiger partial charge on any atom is -0.352 e. The Kier molecular flexibility index (Phi) is 8.83. The molecule has 0 spiro atoms. The van der Waals surface area contributed by atoms with Gasteiger partial charge in [0.25, 0.3) is 0 Å². The fourth-order valence-corrected chi connectivity index (χ4v) is 5.61. The number of carbonyl (C=O) groups excluding carboxylic acids is 2. The van der Waals surface area contributed by atoms with E-state index < -0.39 is 28.5 Å². The van der Waals surface area contributed by atoms with Crippen LogP contribution in [0.15, 0.2) is 42.5 Å². The summed E-state index contributed by atoms with van der Waals surface area (Å²) in [4.78, 5) is 28.1. The van der Waals surface area contributed by atoms with E-state index in [0.717, 1.165) is 52.9 Å². The Balaban J connectivity index is 1.90. The maximum absolute atomic E-state index is 13.6. The standard InChI is InChI=1S/C26H34ClN3O4S/c1-18-12-13-24(19(2)14-18)30(35(4,33)34)17-25(31)29(16-21-8-7-9-22(27)15-21)20(3)26(32)28-23-10-5-6-11-23/h7-9,12-15,20,23H,5-6,10-11,16-17H2,1-4H3,(H,28,32)/t20-/m1/s1. The lowest BCUT2D eigenvalue weighted by Gasteiger charge is -2.32. The molecule has 1 aliphatic rings. The highest BCUT2D eigenvalue weighted by Gasteiger charge is 2.31. The SMILES string of the molecule is Cc1ccc(N(CC(=O)N(Cc2cccc(Cl)c2)[C@H](C)C(=O)NC2CCCC2)S(C)(=O)=O)c(C)c1. The van der Waals surface area contributed by atoms with E-state index in [9.17, 15) is 18.0 Å². The van der Waals surface area contributed by atoms with Gasteiger partial charge in [-0.25, -0.2) is 8.42 Å². The lowest BCUT2D eigenvalue weighted by molar-refractivity contribution is -0.139. The molecule has 0 aromatic heterocycles. The van der Waals surface area contributed by atoms with Crippen molar-refractivity contribution in [1.29, 1.82) is 0 Å². The van der Waals surface area contributed by atoms with Gasteiger partial charge in [-0.3, -0.25) is 13.9 Å². The molecule has 0 aliphatic heterocycles. The van der Waals surface area contributed by atoms with Gasteiger partial charge in [-0.15, -0.1) is 0 Å². The Morgan fingerprint density at radius 2 is 1.80 bits per heavy atom. The number of anilines is 1. The van der Waals surface area contributed by atoms with Gasteiger partial charge in [0.2, 0.25) is 21.8 Å². The number of aryl methyl sites for hydroxylation is 2. The van der Waals surface area contributed by atoms with Crippen molar-refractivity contribution in [3.8, 4) is 0 Å². The van der Waals surface area contributed by atoms with E-state index in [1.165, 1.54) is 4.90 Å². The minimum atomic E-state index is -3.76. The molecule has 3 rings (SSSR count). The zero-order chi connectivity index (χ0) is 25.8. The fraction of sp³-hybridized carbons (Fsp3) is 0.462. The maximum atomic E-state index is 13.6. The number of benzene rings is 2. The van der Waals surface area contributed by atoms with Crippen molar-refractivity contribution >= 4 is 39.1 Å². The third kappa shape index (κ3) is 7.21. The molecule has 2 aromatic carbocycles. The summed E-state index contributed by atoms with van der Waals surface area (Å²) in [5, 5.41) is 3.57. The highest BCUT2D eigenvalue weighted by Crippen LogP contribution is 2.25. The van der Waals surface area contributed by atoms with Crippen molar-refractivity contribution in [1.82, 2.24) is 10.2 Å². The Morgan fingerprint density at radius 3 is 2.40 bits per heavy atom. The zero-order valence-electron chi connectivity index (χ0n) is 20.8. The van der Waals surface area contributed by atoms with E-state index in [0.29, 0.717) is 10.7 Å². The molecule has 0 saturated heterocycles. The van der Waals surface area contributed by atoms with Crippen molar-refractivity contribution in [2.75, 3.05) is 17.1 Å². The maximum Gasteiger partial charge on any atom is 0.244 e. The quantitative estimate of drug-likeness (QED) is 0.538. The number of halogens is 1. The van der Waals surface area contributed by atoms with Gasteiger partial charge in [-0.05, 0) is 62.9 Å². The molecule has 2 aromatic rings. The normalized spacial score (nSPS) is 15.0. The van der Waals surface area contributed by atoms with Crippen LogP contribution in [0.4, 0.5) is 5.69 Å². The highest BCUT2D eigenvalue weighted by atomic mass is 35.5. The number of amides is 2. The number of hydrogen-bond donors (Lipinski definition) is 1. The Bertz CT molecular complexity index is 1180. The molecule has 7 nitrogen and oxygen atoms in total. The summed E-state index contributed by atoms with van der Waals surface area (Å²) in [7, 11) is -3.76. The number of sulfonamides is 1. The lowest BCUT2D eigenvalue weighted by Crippen LogP contribution is -2.52. The molecule has 0 heterocycles. The van der Waals surface area contributed by atoms with Crippen LogP contribution in [-0.2, 0) is 26.2 Å². The molecule has 0 bridgehead atoms. The molecule has 35 heavy (non-hydrogen) atoms. The van der Waals surface area contributed by atoms with Crippen LogP contribution in [0.3, 0.4) is 0 Å². The second-order valence-corrected chi connectivity index (χ2v) is 11.7. The molecule has 1 aliphatic carbocycles. The number of carbonyl (C=O) groups is 2. The van der Waals surface area contributed by atoms with Gasteiger partial charge < -0.3 is 10.2 Å². The molecule has 0 unspecified atom stereocenters. The smallest absolute Gasteiger partial charge is 0.244 e. The summed E-state index contributed by atoms with van der Waals surface area (Å²) >= 11 is 6.15. The Labute approximate surface area is 213 Å². The van der Waals surface area contributed by atoms with Crippen LogP contribution >= 0.6 is 11.6 Å². The van der Waals surface area contributed by atoms with Gasteiger partial charge in [-0.2, -0.15) is 0 Å². The third-order valence-electron chi connectivity index (χ3n) is 6.41. The van der Waals surface area contributed by atoms with Gasteiger partial charge in [0.05, 0.1) is 11.9 Å². The van der Waals surface area contributed by atoms with E-state index in [1.54, 1.807) is 31.2 Å². The summed E-state index contributed by atoms with van der Waals surface area (Å²) in [6, 6.07) is 11.8. The van der Waals surface area contributed by atoms with Gasteiger partial charge in [0.1, 0.15) is 12.6 Å². The predicted molar refractivity (Wildman–Crippen MR) is 140 cm³/mol. The van der Waals surface area contributed by atoms with Crippen LogP contribution in [0.5, 0.6) is 0 Å². The largest absolute Gasteiger partial charge is 0.352 e. The monoisotopic (exact) mass is 519 g/mol. The Morgan fingerprint density at radius 1 is 1.11 bits per heavy atom. The average molecular weight is 520 g/mol. The molecular weight excluding hydrogens is 486 g/mol. The Hall–Kier alpha value is -2.58. The predicted octanol–water partition coefficient (Wildman–Crippen LogP) is 4.20. The average Bonchev–Trinajstić information content (AvgIpc) is 3.28. The molecule has 1 N–H and O–H groups in total. The van der Waals surface area contributed by atoms with Crippen LogP contribution in [0, 0.1) is 13.8 Å². The number of hydrogen-bond acceptors (Lipinski definition) is 4. The van der Waals surface area contributed by atoms with E-state index in [-0.39, 0.29) is 18.5 Å². The van der Waals surface area contributed by atoms with Crippen molar-refractivity contribution in [3.05, 3.63) is 64.2 Å². The van der Waals surface area contributed by atoms with E-state index in [4.69, 9.17) is 11.6 Å². The summed E-state index contributed by atoms with van der Waals surface area (Å²) < 4.78 is 26.6. The first-order valence-corrected chi connectivity index (χ1v) is 14.1. The molecule has 190 valence electrons. The van der Waals surface area contributed by atoms with Crippen LogP contribution < -0.4 is 9.62 Å². The zero-order valence-corrected chi connectivity index (χ0v) is 22.3. The first kappa shape index (κ1) is 27.0. The molecule has 1 saturated carbocycles. The molecule has 1 fully saturated rings.